The summed E-state index contributed by atoms with van der Waals surface area (Å²) in [7, 11) is 5.10. The Kier molecular flexibility index (Phi) is 16.1. The quantitative estimate of drug-likeness (QED) is 0.122. The number of benzene rings is 6. The molecular formula is C70H49N3O3. The van der Waals surface area contributed by atoms with E-state index >= 15 is 0 Å². The van der Waals surface area contributed by atoms with Crippen LogP contribution in [0.15, 0.2) is 183 Å². The van der Waals surface area contributed by atoms with E-state index in [1.54, 1.807) is 58.5 Å². The SMILES string of the molecule is COc1c(C)cc(C#Cc2cccc(C#Cc3ccncc3)c2)cc1C(c1cc(C#Cc2cccc(C#Cc3ccncc3)c2)cc(C)c1OC)c1cc(C#Cc2cccc(C#Cc3ccncc3)c2)cc(C)c1OC. The topological polar surface area (TPSA) is 66.4 Å². The molecule has 0 bridgehead atoms. The van der Waals surface area contributed by atoms with Gasteiger partial charge in [0.25, 0.3) is 0 Å². The van der Waals surface area contributed by atoms with E-state index < -0.39 is 5.92 Å². The smallest absolute Gasteiger partial charge is 0.126 e. The van der Waals surface area contributed by atoms with Crippen LogP contribution in [0.25, 0.3) is 0 Å². The van der Waals surface area contributed by atoms with Gasteiger partial charge in [-0.2, -0.15) is 0 Å². The van der Waals surface area contributed by atoms with Gasteiger partial charge in [-0.05, 0) is 165 Å². The van der Waals surface area contributed by atoms with Crippen molar-refractivity contribution in [2.24, 2.45) is 0 Å². The summed E-state index contributed by atoms with van der Waals surface area (Å²) in [5.74, 6) is 41.7. The van der Waals surface area contributed by atoms with Crippen molar-refractivity contribution in [1.29, 1.82) is 0 Å². The standard InChI is InChI=1S/C70H49N3O3/c1-49-40-61(25-22-58-13-7-10-55(43-58)19-16-52-28-34-71-35-29-52)46-64(68(49)74-4)67(65-47-62(41-50(2)69(65)75-5)26-23-59-14-8-11-56(44-59)20-17-53-30-36-72-37-31-53)66-48-63(42-51(3)70(66)76-6)27-24-60-15-9-12-57(45-60)21-18-54-32-38-73-39-33-54/h7-15,28-48,67H,1-6H3. The van der Waals surface area contributed by atoms with Crippen LogP contribution in [-0.2, 0) is 0 Å². The Morgan fingerprint density at radius 3 is 0.737 bits per heavy atom. The van der Waals surface area contributed by atoms with E-state index in [1.165, 1.54) is 0 Å². The maximum absolute atomic E-state index is 6.36. The molecule has 0 unspecified atom stereocenters. The normalized spacial score (nSPS) is 9.99. The number of methoxy groups -OCH3 is 3. The number of nitrogens with zero attached hydrogens (tertiary/aromatic N) is 3. The summed E-state index contributed by atoms with van der Waals surface area (Å²) in [6, 6.07) is 47.6. The van der Waals surface area contributed by atoms with E-state index in [2.05, 4.69) is 122 Å². The molecule has 6 heteroatoms. The van der Waals surface area contributed by atoms with E-state index in [0.717, 1.165) is 100 Å². The fraction of sp³-hybridized carbons (Fsp3) is 0.100. The van der Waals surface area contributed by atoms with Crippen molar-refractivity contribution in [2.45, 2.75) is 26.7 Å². The van der Waals surface area contributed by atoms with Gasteiger partial charge in [-0.25, -0.2) is 0 Å². The van der Waals surface area contributed by atoms with Crippen molar-refractivity contribution in [3.63, 3.8) is 0 Å². The van der Waals surface area contributed by atoms with Gasteiger partial charge >= 0.3 is 0 Å². The summed E-state index contributed by atoms with van der Waals surface area (Å²) < 4.78 is 19.1. The number of hydrogen-bond donors (Lipinski definition) is 0. The molecule has 6 aromatic carbocycles. The van der Waals surface area contributed by atoms with Crippen LogP contribution in [0.5, 0.6) is 17.2 Å². The summed E-state index contributed by atoms with van der Waals surface area (Å²) in [6.45, 7) is 6.12. The molecule has 362 valence electrons. The lowest BCUT2D eigenvalue weighted by Gasteiger charge is -2.27. The first-order chi connectivity index (χ1) is 37.2. The van der Waals surface area contributed by atoms with Crippen LogP contribution in [0.2, 0.25) is 0 Å². The Hall–Kier alpha value is -10.5. The lowest BCUT2D eigenvalue weighted by molar-refractivity contribution is 0.393. The van der Waals surface area contributed by atoms with Crippen LogP contribution >= 0.6 is 0 Å². The van der Waals surface area contributed by atoms with Gasteiger partial charge in [0.05, 0.1) is 21.3 Å². The first-order valence-electron chi connectivity index (χ1n) is 24.4. The highest BCUT2D eigenvalue weighted by molar-refractivity contribution is 5.66. The van der Waals surface area contributed by atoms with Gasteiger partial charge in [0.15, 0.2) is 0 Å². The lowest BCUT2D eigenvalue weighted by Crippen LogP contribution is -2.12. The van der Waals surface area contributed by atoms with E-state index in [9.17, 15) is 0 Å². The Balaban J connectivity index is 1.18. The second-order valence-electron chi connectivity index (χ2n) is 17.6. The molecule has 6 nitrogen and oxygen atoms in total. The van der Waals surface area contributed by atoms with Crippen LogP contribution in [0.3, 0.4) is 0 Å². The van der Waals surface area contributed by atoms with Gasteiger partial charge in [-0.3, -0.25) is 15.0 Å². The van der Waals surface area contributed by atoms with Gasteiger partial charge in [-0.15, -0.1) is 0 Å². The average molecular weight is 980 g/mol. The van der Waals surface area contributed by atoms with Crippen LogP contribution in [-0.4, -0.2) is 36.3 Å². The van der Waals surface area contributed by atoms with Crippen molar-refractivity contribution in [3.05, 3.63) is 283 Å². The van der Waals surface area contributed by atoms with Crippen molar-refractivity contribution in [3.8, 4) is 88.3 Å². The van der Waals surface area contributed by atoms with Crippen molar-refractivity contribution in [1.82, 2.24) is 15.0 Å². The Morgan fingerprint density at radius 2 is 0.500 bits per heavy atom. The number of aromatic nitrogens is 3. The monoisotopic (exact) mass is 979 g/mol. The number of rotatable bonds is 6. The molecular weight excluding hydrogens is 931 g/mol. The minimum atomic E-state index is -0.536. The van der Waals surface area contributed by atoms with Gasteiger partial charge in [0.1, 0.15) is 17.2 Å². The van der Waals surface area contributed by atoms with Crippen LogP contribution in [0.4, 0.5) is 0 Å². The molecule has 3 aromatic heterocycles. The maximum atomic E-state index is 6.36. The average Bonchev–Trinajstić information content (AvgIpc) is 3.45. The van der Waals surface area contributed by atoms with Crippen molar-refractivity contribution < 1.29 is 14.2 Å². The second-order valence-corrected chi connectivity index (χ2v) is 17.6. The van der Waals surface area contributed by atoms with E-state index in [-0.39, 0.29) is 0 Å². The Bertz CT molecular complexity index is 3600. The number of hydrogen-bond acceptors (Lipinski definition) is 6. The molecule has 0 fully saturated rings. The molecule has 76 heavy (non-hydrogen) atoms. The summed E-state index contributed by atoms with van der Waals surface area (Å²) in [5, 5.41) is 0. The van der Waals surface area contributed by atoms with Gasteiger partial charge < -0.3 is 14.2 Å². The Labute approximate surface area is 446 Å². The fourth-order valence-corrected chi connectivity index (χ4v) is 8.80. The largest absolute Gasteiger partial charge is 0.496 e. The number of pyridine rings is 3. The summed E-state index contributed by atoms with van der Waals surface area (Å²) in [4.78, 5) is 12.3. The molecule has 9 rings (SSSR count). The van der Waals surface area contributed by atoms with E-state index in [1.807, 2.05) is 130 Å². The predicted molar refractivity (Wildman–Crippen MR) is 302 cm³/mol. The molecule has 0 spiro atoms. The third kappa shape index (κ3) is 12.8. The molecule has 0 saturated heterocycles. The maximum Gasteiger partial charge on any atom is 0.126 e. The van der Waals surface area contributed by atoms with Crippen LogP contribution in [0, 0.1) is 91.8 Å². The minimum Gasteiger partial charge on any atom is -0.496 e. The zero-order valence-electron chi connectivity index (χ0n) is 43.0. The molecule has 0 saturated carbocycles. The highest BCUT2D eigenvalue weighted by Gasteiger charge is 2.30. The third-order valence-corrected chi connectivity index (χ3v) is 12.2. The van der Waals surface area contributed by atoms with E-state index in [4.69, 9.17) is 14.2 Å². The lowest BCUT2D eigenvalue weighted by atomic mass is 9.80. The predicted octanol–water partition coefficient (Wildman–Crippen LogP) is 12.4. The molecule has 3 heterocycles. The molecule has 9 aromatic rings. The molecule has 0 radical (unpaired) electrons. The van der Waals surface area contributed by atoms with E-state index in [0.29, 0.717) is 17.2 Å². The van der Waals surface area contributed by atoms with Crippen molar-refractivity contribution in [2.75, 3.05) is 21.3 Å². The number of ether oxygens (including phenoxy) is 3. The first kappa shape index (κ1) is 50.5. The summed E-state index contributed by atoms with van der Waals surface area (Å²) in [6.07, 6.45) is 10.4. The summed E-state index contributed by atoms with van der Waals surface area (Å²) in [5.41, 5.74) is 15.4. The van der Waals surface area contributed by atoms with Gasteiger partial charge in [0.2, 0.25) is 0 Å². The molecule has 0 aliphatic carbocycles. The van der Waals surface area contributed by atoms with Crippen LogP contribution < -0.4 is 14.2 Å². The first-order valence-corrected chi connectivity index (χ1v) is 24.4. The molecule has 0 atom stereocenters. The second kappa shape index (κ2) is 24.3. The van der Waals surface area contributed by atoms with Gasteiger partial charge in [0, 0.05) is 127 Å². The highest BCUT2D eigenvalue weighted by Crippen LogP contribution is 2.47. The molecule has 0 amide bonds. The molecule has 0 aliphatic heterocycles. The molecule has 0 N–H and O–H groups in total. The zero-order valence-corrected chi connectivity index (χ0v) is 43.0. The highest BCUT2D eigenvalue weighted by atomic mass is 16.5. The fourth-order valence-electron chi connectivity index (χ4n) is 8.80. The molecule has 0 aliphatic rings. The minimum absolute atomic E-state index is 0.536. The number of aryl methyl sites for hydroxylation is 3. The van der Waals surface area contributed by atoms with Gasteiger partial charge in [-0.1, -0.05) is 89.2 Å². The zero-order chi connectivity index (χ0) is 52.6. The summed E-state index contributed by atoms with van der Waals surface area (Å²) >= 11 is 0. The van der Waals surface area contributed by atoms with Crippen LogP contribution in [0.1, 0.15) is 106 Å². The third-order valence-electron chi connectivity index (χ3n) is 12.2. The Morgan fingerprint density at radius 1 is 0.276 bits per heavy atom. The van der Waals surface area contributed by atoms with Crippen molar-refractivity contribution >= 4 is 0 Å².